The van der Waals surface area contributed by atoms with E-state index in [9.17, 15) is 14.4 Å². The van der Waals surface area contributed by atoms with Gasteiger partial charge < -0.3 is 20.0 Å². The van der Waals surface area contributed by atoms with Crippen molar-refractivity contribution in [1.29, 1.82) is 0 Å². The van der Waals surface area contributed by atoms with E-state index in [2.05, 4.69) is 56.6 Å². The van der Waals surface area contributed by atoms with Crippen LogP contribution in [0.1, 0.15) is 109 Å². The number of rotatable bonds is 5. The van der Waals surface area contributed by atoms with Gasteiger partial charge in [-0.15, -0.1) is 0 Å². The number of hydrogen-bond donors (Lipinski definition) is 1. The summed E-state index contributed by atoms with van der Waals surface area (Å²) in [6, 6.07) is 18.8. The molecule has 55 heavy (non-hydrogen) atoms. The highest BCUT2D eigenvalue weighted by Gasteiger charge is 2.47. The maximum Gasteiger partial charge on any atom is 0.282 e. The fourth-order valence-corrected chi connectivity index (χ4v) is 11.2. The third-order valence-corrected chi connectivity index (χ3v) is 14.3. The Labute approximate surface area is 327 Å². The lowest BCUT2D eigenvalue weighted by Gasteiger charge is -2.38. The van der Waals surface area contributed by atoms with Crippen LogP contribution in [-0.4, -0.2) is 69.9 Å². The van der Waals surface area contributed by atoms with Crippen LogP contribution in [0.2, 0.25) is 5.02 Å². The second kappa shape index (κ2) is 13.6. The van der Waals surface area contributed by atoms with Crippen LogP contribution in [0, 0.1) is 5.92 Å². The fourth-order valence-electron chi connectivity index (χ4n) is 11.0. The minimum absolute atomic E-state index is 0.0416. The van der Waals surface area contributed by atoms with Crippen LogP contribution in [0.25, 0.3) is 16.6 Å². The van der Waals surface area contributed by atoms with E-state index in [1.807, 2.05) is 18.2 Å². The zero-order valence-corrected chi connectivity index (χ0v) is 32.3. The number of carbonyl (C=O) groups is 2. The smallest absolute Gasteiger partial charge is 0.282 e. The van der Waals surface area contributed by atoms with Crippen LogP contribution in [0.4, 0.5) is 5.69 Å². The number of nitrogens with one attached hydrogen (secondary N) is 1. The molecule has 1 unspecified atom stereocenters. The van der Waals surface area contributed by atoms with Crippen LogP contribution in [0.5, 0.6) is 0 Å². The minimum atomic E-state index is -0.430. The normalized spacial score (nSPS) is 23.0. The average Bonchev–Trinajstić information content (AvgIpc) is 3.66. The Hall–Kier alpha value is -4.47. The van der Waals surface area contributed by atoms with Gasteiger partial charge in [-0.2, -0.15) is 4.98 Å². The number of halogens is 1. The van der Waals surface area contributed by atoms with Gasteiger partial charge in [-0.3, -0.25) is 19.0 Å². The molecule has 5 aliphatic heterocycles. The van der Waals surface area contributed by atoms with Crippen molar-refractivity contribution in [2.24, 2.45) is 5.92 Å². The zero-order chi connectivity index (χ0) is 37.4. The first-order valence-corrected chi connectivity index (χ1v) is 20.9. The summed E-state index contributed by atoms with van der Waals surface area (Å²) in [5.41, 5.74) is 8.04. The largest absolute Gasteiger partial charge is 0.372 e. The molecule has 1 aliphatic carbocycles. The van der Waals surface area contributed by atoms with Gasteiger partial charge in [-0.05, 0) is 129 Å². The van der Waals surface area contributed by atoms with Crippen molar-refractivity contribution >= 4 is 40.0 Å². The number of amides is 2. The van der Waals surface area contributed by atoms with Gasteiger partial charge in [-0.1, -0.05) is 55.6 Å². The van der Waals surface area contributed by atoms with Crippen LogP contribution < -0.4 is 15.8 Å². The Bertz CT molecular complexity index is 2300. The summed E-state index contributed by atoms with van der Waals surface area (Å²) >= 11 is 6.61. The van der Waals surface area contributed by atoms with Crippen molar-refractivity contribution in [2.45, 2.75) is 94.5 Å². The van der Waals surface area contributed by atoms with E-state index >= 15 is 0 Å². The molecule has 284 valence electrons. The summed E-state index contributed by atoms with van der Waals surface area (Å²) in [6.45, 7) is 9.77. The Kier molecular flexibility index (Phi) is 8.67. The number of anilines is 1. The number of allylic oxidation sites excluding steroid dienone is 1. The number of benzene rings is 3. The summed E-state index contributed by atoms with van der Waals surface area (Å²) in [4.78, 5) is 51.0. The molecule has 1 saturated carbocycles. The Morgan fingerprint density at radius 2 is 1.69 bits per heavy atom. The molecule has 6 heterocycles. The molecule has 6 aliphatic rings. The standard InChI is InChI=1S/C45H49ClN6O3/c1-28-8-13-38(41(53)47-28)51-27-32-24-33(10-11-34(32)43(51)55)50-22-14-29(15-23-50)26-49-20-16-30(17-21-49)31-9-12-35-39(25-31)52-37-7-5-6-36(46)40(37)42(54)48-44(52)45(35)18-3-2-4-19-45/h5-7,9-12,24-25,29-30,38H,1-4,8,13-23,26-27H2,(H,47,53). The second-order valence-electron chi connectivity index (χ2n) is 17.1. The van der Waals surface area contributed by atoms with E-state index in [1.165, 1.54) is 28.9 Å². The van der Waals surface area contributed by atoms with E-state index in [0.29, 0.717) is 41.6 Å². The number of fused-ring (bicyclic) bond motifs is 8. The lowest BCUT2D eigenvalue weighted by Crippen LogP contribution is -2.49. The highest BCUT2D eigenvalue weighted by molar-refractivity contribution is 6.35. The molecule has 3 aromatic carbocycles. The van der Waals surface area contributed by atoms with Gasteiger partial charge in [0, 0.05) is 43.1 Å². The third kappa shape index (κ3) is 5.83. The first-order valence-electron chi connectivity index (χ1n) is 20.5. The molecule has 1 atom stereocenters. The van der Waals surface area contributed by atoms with Crippen molar-refractivity contribution < 1.29 is 9.59 Å². The number of likely N-dealkylation sites (tertiary alicyclic amines) is 1. The highest BCUT2D eigenvalue weighted by atomic mass is 35.5. The summed E-state index contributed by atoms with van der Waals surface area (Å²) in [5, 5.41) is 3.82. The van der Waals surface area contributed by atoms with Crippen molar-refractivity contribution in [3.05, 3.63) is 110 Å². The maximum absolute atomic E-state index is 13.4. The molecule has 4 aromatic rings. The first-order chi connectivity index (χ1) is 26.8. The quantitative estimate of drug-likeness (QED) is 0.228. The van der Waals surface area contributed by atoms with Crippen molar-refractivity contribution in [2.75, 3.05) is 37.6 Å². The molecule has 0 radical (unpaired) electrons. The molecule has 9 nitrogen and oxygen atoms in total. The predicted molar refractivity (Wildman–Crippen MR) is 216 cm³/mol. The van der Waals surface area contributed by atoms with Gasteiger partial charge in [-0.25, -0.2) is 0 Å². The molecule has 1 aromatic heterocycles. The van der Waals surface area contributed by atoms with E-state index in [1.54, 1.807) is 11.0 Å². The number of hydrogen-bond acceptors (Lipinski definition) is 6. The van der Waals surface area contributed by atoms with Crippen molar-refractivity contribution in [3.63, 3.8) is 0 Å². The SMILES string of the molecule is C=C1CCC(N2Cc3cc(N4CCC(CN5CCC(c6ccc7c(c6)-n6c(nc(=O)c8c(Cl)cccc86)C76CCCCC6)CC5)CC4)ccc3C2=O)C(=O)N1. The molecule has 2 amide bonds. The molecule has 0 bridgehead atoms. The number of carbonyl (C=O) groups excluding carboxylic acids is 2. The number of nitrogens with zero attached hydrogens (tertiary/aromatic N) is 5. The van der Waals surface area contributed by atoms with E-state index < -0.39 is 6.04 Å². The van der Waals surface area contributed by atoms with Gasteiger partial charge in [0.05, 0.1) is 27.0 Å². The third-order valence-electron chi connectivity index (χ3n) is 14.0. The van der Waals surface area contributed by atoms with Crippen molar-refractivity contribution in [3.8, 4) is 5.69 Å². The fraction of sp³-hybridized carbons (Fsp3) is 0.467. The summed E-state index contributed by atoms with van der Waals surface area (Å²) in [6.07, 6.45) is 11.5. The summed E-state index contributed by atoms with van der Waals surface area (Å²) in [5.74, 6) is 1.93. The van der Waals surface area contributed by atoms with E-state index in [0.717, 1.165) is 112 Å². The van der Waals surface area contributed by atoms with Crippen molar-refractivity contribution in [1.82, 2.24) is 24.7 Å². The molecule has 1 N–H and O–H groups in total. The predicted octanol–water partition coefficient (Wildman–Crippen LogP) is 7.45. The lowest BCUT2D eigenvalue weighted by molar-refractivity contribution is -0.126. The lowest BCUT2D eigenvalue weighted by atomic mass is 9.69. The minimum Gasteiger partial charge on any atom is -0.372 e. The number of piperidine rings is 3. The Morgan fingerprint density at radius 3 is 2.47 bits per heavy atom. The van der Waals surface area contributed by atoms with Gasteiger partial charge in [0.1, 0.15) is 11.9 Å². The van der Waals surface area contributed by atoms with Crippen LogP contribution >= 0.6 is 11.6 Å². The molecular weight excluding hydrogens is 708 g/mol. The van der Waals surface area contributed by atoms with Crippen LogP contribution in [-0.2, 0) is 16.8 Å². The van der Waals surface area contributed by atoms with Gasteiger partial charge in [0.2, 0.25) is 5.91 Å². The zero-order valence-electron chi connectivity index (χ0n) is 31.5. The average molecular weight is 757 g/mol. The Morgan fingerprint density at radius 1 is 0.891 bits per heavy atom. The van der Waals surface area contributed by atoms with Gasteiger partial charge in [0.15, 0.2) is 0 Å². The monoisotopic (exact) mass is 756 g/mol. The molecule has 10 rings (SSSR count). The second-order valence-corrected chi connectivity index (χ2v) is 17.5. The van der Waals surface area contributed by atoms with E-state index in [-0.39, 0.29) is 22.8 Å². The topological polar surface area (TPSA) is 90.8 Å². The first kappa shape index (κ1) is 35.0. The molecule has 3 saturated heterocycles. The highest BCUT2D eigenvalue weighted by Crippen LogP contribution is 2.52. The maximum atomic E-state index is 13.4. The Balaban J connectivity index is 0.784. The summed E-state index contributed by atoms with van der Waals surface area (Å²) < 4.78 is 2.28. The van der Waals surface area contributed by atoms with Gasteiger partial charge >= 0.3 is 0 Å². The molecule has 10 heteroatoms. The molecular formula is C45H49ClN6O3. The van der Waals surface area contributed by atoms with Crippen LogP contribution in [0.3, 0.4) is 0 Å². The van der Waals surface area contributed by atoms with E-state index in [4.69, 9.17) is 16.6 Å². The number of aromatic nitrogens is 2. The molecule has 1 spiro atoms. The molecule has 4 fully saturated rings. The van der Waals surface area contributed by atoms with Crippen LogP contribution in [0.15, 0.2) is 71.7 Å². The van der Waals surface area contributed by atoms with Gasteiger partial charge in [0.25, 0.3) is 11.5 Å². The summed E-state index contributed by atoms with van der Waals surface area (Å²) in [7, 11) is 0.